The van der Waals surface area contributed by atoms with E-state index in [1.807, 2.05) is 0 Å². The lowest BCUT2D eigenvalue weighted by molar-refractivity contribution is -0.142. The minimum atomic E-state index is -0.814. The number of hydrogen-bond donors (Lipinski definition) is 2. The van der Waals surface area contributed by atoms with Crippen LogP contribution in [0.3, 0.4) is 0 Å². The molecule has 2 N–H and O–H groups in total. The largest absolute Gasteiger partial charge is 0.464 e. The van der Waals surface area contributed by atoms with Crippen molar-refractivity contribution in [2.75, 3.05) is 6.61 Å². The lowest BCUT2D eigenvalue weighted by Crippen LogP contribution is -2.48. The Morgan fingerprint density at radius 3 is 2.42 bits per heavy atom. The Hall–Kier alpha value is -2.18. The van der Waals surface area contributed by atoms with Crippen molar-refractivity contribution in [1.82, 2.24) is 10.6 Å². The summed E-state index contributed by atoms with van der Waals surface area (Å²) in [5.74, 6) is -1.54. The van der Waals surface area contributed by atoms with Crippen LogP contribution in [-0.4, -0.2) is 41.8 Å². The molecule has 1 atom stereocenters. The van der Waals surface area contributed by atoms with Crippen LogP contribution < -0.4 is 10.6 Å². The van der Waals surface area contributed by atoms with E-state index in [4.69, 9.17) is 4.74 Å². The summed E-state index contributed by atoms with van der Waals surface area (Å²) in [5, 5.41) is 5.28. The van der Waals surface area contributed by atoms with Gasteiger partial charge in [-0.1, -0.05) is 20.4 Å². The quantitative estimate of drug-likeness (QED) is 0.388. The zero-order chi connectivity index (χ0) is 18.5. The maximum Gasteiger partial charge on any atom is 0.328 e. The van der Waals surface area contributed by atoms with Crippen molar-refractivity contribution < 1.29 is 23.9 Å². The van der Waals surface area contributed by atoms with Crippen LogP contribution in [0.1, 0.15) is 47.0 Å². The number of cyclic esters (lactones) is 1. The summed E-state index contributed by atoms with van der Waals surface area (Å²) in [7, 11) is 0. The minimum absolute atomic E-state index is 0.257. The first-order valence-electron chi connectivity index (χ1n) is 7.91. The number of carbonyl (C=O) groups is 4. The molecular formula is C17H26N2O5. The number of nitrogens with one attached hydrogen (secondary N) is 2. The molecule has 1 fully saturated rings. The molecule has 0 aliphatic carbocycles. The fourth-order valence-electron chi connectivity index (χ4n) is 2.89. The zero-order valence-corrected chi connectivity index (χ0v) is 14.7. The Bertz CT molecular complexity index is 551. The Morgan fingerprint density at radius 2 is 1.92 bits per heavy atom. The van der Waals surface area contributed by atoms with Crippen LogP contribution in [0, 0.1) is 5.41 Å². The first kappa shape index (κ1) is 19.9. The third-order valence-corrected chi connectivity index (χ3v) is 3.88. The van der Waals surface area contributed by atoms with Gasteiger partial charge in [-0.15, -0.1) is 0 Å². The second kappa shape index (κ2) is 7.59. The predicted molar refractivity (Wildman–Crippen MR) is 87.9 cm³/mol. The van der Waals surface area contributed by atoms with Crippen LogP contribution in [-0.2, 0) is 23.9 Å². The van der Waals surface area contributed by atoms with Gasteiger partial charge in [-0.2, -0.15) is 0 Å². The summed E-state index contributed by atoms with van der Waals surface area (Å²) >= 11 is 0. The molecular weight excluding hydrogens is 312 g/mol. The lowest BCUT2D eigenvalue weighted by Gasteiger charge is -2.34. The number of ether oxygens (including phenoxy) is 1. The smallest absolute Gasteiger partial charge is 0.328 e. The zero-order valence-electron chi connectivity index (χ0n) is 14.7. The molecule has 0 spiro atoms. The van der Waals surface area contributed by atoms with Gasteiger partial charge >= 0.3 is 5.97 Å². The molecule has 7 nitrogen and oxygen atoms in total. The van der Waals surface area contributed by atoms with Crippen LogP contribution in [0.2, 0.25) is 0 Å². The second-order valence-corrected chi connectivity index (χ2v) is 7.31. The minimum Gasteiger partial charge on any atom is -0.464 e. The monoisotopic (exact) mass is 338 g/mol. The molecule has 1 rings (SSSR count). The molecule has 0 aromatic heterocycles. The van der Waals surface area contributed by atoms with Gasteiger partial charge in [-0.25, -0.2) is 4.79 Å². The predicted octanol–water partition coefficient (Wildman–Crippen LogP) is 0.874. The molecule has 1 unspecified atom stereocenters. The Morgan fingerprint density at radius 1 is 1.29 bits per heavy atom. The highest BCUT2D eigenvalue weighted by Gasteiger charge is 2.36. The van der Waals surface area contributed by atoms with Crippen LogP contribution in [0.5, 0.6) is 0 Å². The van der Waals surface area contributed by atoms with Crippen molar-refractivity contribution in [2.24, 2.45) is 5.41 Å². The summed E-state index contributed by atoms with van der Waals surface area (Å²) in [6.07, 6.45) is 1.63. The highest BCUT2D eigenvalue weighted by Crippen LogP contribution is 2.30. The molecule has 0 aromatic carbocycles. The molecule has 0 radical (unpaired) electrons. The Labute approximate surface area is 142 Å². The van der Waals surface area contributed by atoms with Crippen molar-refractivity contribution in [1.29, 1.82) is 0 Å². The molecule has 2 amide bonds. The fraction of sp³-hybridized carbons (Fsp3) is 0.647. The van der Waals surface area contributed by atoms with Gasteiger partial charge in [0.2, 0.25) is 11.8 Å². The van der Waals surface area contributed by atoms with Gasteiger partial charge in [0.25, 0.3) is 0 Å². The number of Topliss-reactive ketones (excluding diaryl/α,β-unsaturated/α-hetero) is 1. The summed E-state index contributed by atoms with van der Waals surface area (Å²) in [4.78, 5) is 47.2. The summed E-state index contributed by atoms with van der Waals surface area (Å²) in [6.45, 7) is 10.7. The molecule has 24 heavy (non-hydrogen) atoms. The van der Waals surface area contributed by atoms with E-state index in [0.717, 1.165) is 0 Å². The average Bonchev–Trinajstić information content (AvgIpc) is 2.82. The summed E-state index contributed by atoms with van der Waals surface area (Å²) in [5.41, 5.74) is -1.44. The van der Waals surface area contributed by atoms with Crippen LogP contribution in [0.25, 0.3) is 0 Å². The maximum absolute atomic E-state index is 12.5. The lowest BCUT2D eigenvalue weighted by atomic mass is 9.76. The van der Waals surface area contributed by atoms with Gasteiger partial charge in [-0.3, -0.25) is 14.4 Å². The van der Waals surface area contributed by atoms with Crippen molar-refractivity contribution in [3.63, 3.8) is 0 Å². The molecule has 1 heterocycles. The maximum atomic E-state index is 12.5. The number of hydrogen-bond acceptors (Lipinski definition) is 5. The molecule has 1 saturated heterocycles. The van der Waals surface area contributed by atoms with Crippen molar-refractivity contribution in [3.8, 4) is 0 Å². The number of esters is 1. The molecule has 0 saturated carbocycles. The number of rotatable bonds is 8. The Balaban J connectivity index is 2.60. The topological polar surface area (TPSA) is 102 Å². The fourth-order valence-corrected chi connectivity index (χ4v) is 2.89. The first-order chi connectivity index (χ1) is 11.0. The molecule has 134 valence electrons. The van der Waals surface area contributed by atoms with E-state index in [1.165, 1.54) is 6.08 Å². The first-order valence-corrected chi connectivity index (χ1v) is 7.91. The van der Waals surface area contributed by atoms with E-state index < -0.39 is 28.9 Å². The molecule has 1 aliphatic rings. The van der Waals surface area contributed by atoms with Crippen LogP contribution in [0.4, 0.5) is 0 Å². The van der Waals surface area contributed by atoms with E-state index >= 15 is 0 Å². The number of ketones is 1. The van der Waals surface area contributed by atoms with Gasteiger partial charge in [0.05, 0.1) is 13.0 Å². The van der Waals surface area contributed by atoms with Gasteiger partial charge in [0.15, 0.2) is 0 Å². The van der Waals surface area contributed by atoms with E-state index in [9.17, 15) is 19.2 Å². The number of carbonyl (C=O) groups excluding carboxylic acids is 4. The molecule has 1 aliphatic heterocycles. The normalized spacial score (nSPS) is 17.8. The van der Waals surface area contributed by atoms with Crippen molar-refractivity contribution in [2.45, 2.75) is 58.5 Å². The van der Waals surface area contributed by atoms with Crippen LogP contribution >= 0.6 is 0 Å². The van der Waals surface area contributed by atoms with Gasteiger partial charge in [-0.05, 0) is 26.3 Å². The third-order valence-electron chi connectivity index (χ3n) is 3.88. The van der Waals surface area contributed by atoms with E-state index in [0.29, 0.717) is 12.8 Å². The third kappa shape index (κ3) is 5.79. The number of amides is 2. The Kier molecular flexibility index (Phi) is 6.29. The van der Waals surface area contributed by atoms with E-state index in [1.54, 1.807) is 27.7 Å². The SMILES string of the molecule is C=CC(=O)NC(C)(C)CC(C)(C)C(=O)CC(=O)NC1CCOC1=O. The van der Waals surface area contributed by atoms with Crippen LogP contribution in [0.15, 0.2) is 12.7 Å². The summed E-state index contributed by atoms with van der Waals surface area (Å²) in [6, 6.07) is -0.670. The highest BCUT2D eigenvalue weighted by molar-refractivity contribution is 6.01. The van der Waals surface area contributed by atoms with Crippen molar-refractivity contribution in [3.05, 3.63) is 12.7 Å². The van der Waals surface area contributed by atoms with Gasteiger partial charge < -0.3 is 15.4 Å². The average molecular weight is 338 g/mol. The molecule has 7 heteroatoms. The van der Waals surface area contributed by atoms with E-state index in [2.05, 4.69) is 17.2 Å². The highest BCUT2D eigenvalue weighted by atomic mass is 16.5. The molecule has 0 aromatic rings. The van der Waals surface area contributed by atoms with Crippen molar-refractivity contribution >= 4 is 23.6 Å². The summed E-state index contributed by atoms with van der Waals surface area (Å²) < 4.78 is 4.77. The van der Waals surface area contributed by atoms with Gasteiger partial charge in [0, 0.05) is 17.4 Å². The van der Waals surface area contributed by atoms with Gasteiger partial charge in [0.1, 0.15) is 11.8 Å². The standard InChI is InChI=1S/C17H26N2O5/c1-6-13(21)19-17(4,5)10-16(2,3)12(20)9-14(22)18-11-7-8-24-15(11)23/h6,11H,1,7-10H2,2-5H3,(H,18,22)(H,19,21). The van der Waals surface area contributed by atoms with E-state index in [-0.39, 0.29) is 24.7 Å². The second-order valence-electron chi connectivity index (χ2n) is 7.31. The molecule has 0 bridgehead atoms.